The van der Waals surface area contributed by atoms with Crippen molar-refractivity contribution in [2.75, 3.05) is 6.54 Å². The highest BCUT2D eigenvalue weighted by molar-refractivity contribution is 5.51. The van der Waals surface area contributed by atoms with Crippen LogP contribution in [0.1, 0.15) is 18.4 Å². The summed E-state index contributed by atoms with van der Waals surface area (Å²) in [6.45, 7) is 1.09. The van der Waals surface area contributed by atoms with Crippen LogP contribution in [0, 0.1) is 0 Å². The molecule has 4 heteroatoms. The van der Waals surface area contributed by atoms with Gasteiger partial charge in [0, 0.05) is 12.2 Å². The standard InChI is InChI=1S/C17H18N2O2/c20-15-5-7-16(8-6-15)21-17-10-13(11-18-12-17)3-4-14-2-1-9-19-14/h3-8,10-12,14,19-20H,1-2,9H2/t14-/m0/s1. The van der Waals surface area contributed by atoms with Gasteiger partial charge >= 0.3 is 0 Å². The summed E-state index contributed by atoms with van der Waals surface area (Å²) < 4.78 is 5.72. The number of aromatic nitrogens is 1. The second-order valence-corrected chi connectivity index (χ2v) is 5.11. The Morgan fingerprint density at radius 2 is 2.05 bits per heavy atom. The molecule has 1 aliphatic rings. The van der Waals surface area contributed by atoms with Crippen LogP contribution in [0.3, 0.4) is 0 Å². The summed E-state index contributed by atoms with van der Waals surface area (Å²) >= 11 is 0. The summed E-state index contributed by atoms with van der Waals surface area (Å²) in [4.78, 5) is 4.20. The van der Waals surface area contributed by atoms with Crippen LogP contribution in [0.4, 0.5) is 0 Å². The van der Waals surface area contributed by atoms with Crippen molar-refractivity contribution in [1.29, 1.82) is 0 Å². The quantitative estimate of drug-likeness (QED) is 0.903. The van der Waals surface area contributed by atoms with Crippen LogP contribution in [0.5, 0.6) is 17.2 Å². The Balaban J connectivity index is 1.69. The second-order valence-electron chi connectivity index (χ2n) is 5.11. The van der Waals surface area contributed by atoms with Gasteiger partial charge in [0.1, 0.15) is 17.2 Å². The third-order valence-electron chi connectivity index (χ3n) is 3.43. The van der Waals surface area contributed by atoms with E-state index in [4.69, 9.17) is 4.74 Å². The molecular weight excluding hydrogens is 264 g/mol. The maximum absolute atomic E-state index is 9.26. The smallest absolute Gasteiger partial charge is 0.146 e. The molecule has 0 radical (unpaired) electrons. The van der Waals surface area contributed by atoms with Gasteiger partial charge < -0.3 is 15.2 Å². The molecule has 2 N–H and O–H groups in total. The van der Waals surface area contributed by atoms with Gasteiger partial charge in [-0.05, 0) is 55.3 Å². The average Bonchev–Trinajstić information content (AvgIpc) is 3.01. The molecule has 1 aromatic carbocycles. The van der Waals surface area contributed by atoms with Gasteiger partial charge in [-0.1, -0.05) is 12.2 Å². The molecule has 1 atom stereocenters. The summed E-state index contributed by atoms with van der Waals surface area (Å²) in [5.41, 5.74) is 1.01. The number of pyridine rings is 1. The molecule has 0 unspecified atom stereocenters. The Morgan fingerprint density at radius 3 is 2.81 bits per heavy atom. The monoisotopic (exact) mass is 282 g/mol. The van der Waals surface area contributed by atoms with Crippen molar-refractivity contribution in [1.82, 2.24) is 10.3 Å². The molecule has 0 amide bonds. The minimum atomic E-state index is 0.223. The summed E-state index contributed by atoms with van der Waals surface area (Å²) in [5, 5.41) is 12.7. The van der Waals surface area contributed by atoms with E-state index < -0.39 is 0 Å². The molecule has 21 heavy (non-hydrogen) atoms. The Hall–Kier alpha value is -2.33. The van der Waals surface area contributed by atoms with E-state index in [2.05, 4.69) is 22.5 Å². The number of nitrogens with one attached hydrogen (secondary N) is 1. The van der Waals surface area contributed by atoms with E-state index in [0.717, 1.165) is 12.1 Å². The minimum Gasteiger partial charge on any atom is -0.508 e. The van der Waals surface area contributed by atoms with Crippen molar-refractivity contribution >= 4 is 6.08 Å². The van der Waals surface area contributed by atoms with Crippen molar-refractivity contribution in [2.45, 2.75) is 18.9 Å². The van der Waals surface area contributed by atoms with E-state index in [1.807, 2.05) is 12.3 Å². The molecule has 0 spiro atoms. The third-order valence-corrected chi connectivity index (χ3v) is 3.43. The minimum absolute atomic E-state index is 0.223. The summed E-state index contributed by atoms with van der Waals surface area (Å²) in [7, 11) is 0. The summed E-state index contributed by atoms with van der Waals surface area (Å²) in [5.74, 6) is 1.58. The average molecular weight is 282 g/mol. The van der Waals surface area contributed by atoms with Crippen molar-refractivity contribution in [3.05, 3.63) is 54.4 Å². The molecule has 4 nitrogen and oxygen atoms in total. The van der Waals surface area contributed by atoms with Crippen LogP contribution < -0.4 is 10.1 Å². The van der Waals surface area contributed by atoms with Gasteiger partial charge in [-0.2, -0.15) is 0 Å². The van der Waals surface area contributed by atoms with Crippen LogP contribution in [0.15, 0.2) is 48.8 Å². The fraction of sp³-hybridized carbons (Fsp3) is 0.235. The molecule has 0 saturated carbocycles. The number of hydrogen-bond donors (Lipinski definition) is 2. The van der Waals surface area contributed by atoms with Crippen LogP contribution >= 0.6 is 0 Å². The van der Waals surface area contributed by atoms with Gasteiger partial charge in [0.15, 0.2) is 0 Å². The first kappa shape index (κ1) is 13.6. The van der Waals surface area contributed by atoms with Crippen molar-refractivity contribution in [3.63, 3.8) is 0 Å². The van der Waals surface area contributed by atoms with E-state index in [1.54, 1.807) is 30.5 Å². The van der Waals surface area contributed by atoms with Gasteiger partial charge in [-0.3, -0.25) is 4.98 Å². The van der Waals surface area contributed by atoms with E-state index in [1.165, 1.54) is 12.8 Å². The lowest BCUT2D eigenvalue weighted by Gasteiger charge is -2.06. The molecule has 2 heterocycles. The Kier molecular flexibility index (Phi) is 4.17. The first-order valence-corrected chi connectivity index (χ1v) is 7.13. The molecule has 0 aliphatic carbocycles. The number of ether oxygens (including phenoxy) is 1. The topological polar surface area (TPSA) is 54.4 Å². The number of aromatic hydroxyl groups is 1. The van der Waals surface area contributed by atoms with Crippen LogP contribution in [-0.2, 0) is 0 Å². The molecule has 0 bridgehead atoms. The Labute approximate surface area is 124 Å². The fourth-order valence-electron chi connectivity index (χ4n) is 2.34. The number of benzene rings is 1. The predicted molar refractivity (Wildman–Crippen MR) is 82.5 cm³/mol. The van der Waals surface area contributed by atoms with Crippen molar-refractivity contribution in [2.24, 2.45) is 0 Å². The van der Waals surface area contributed by atoms with Gasteiger partial charge in [-0.15, -0.1) is 0 Å². The predicted octanol–water partition coefficient (Wildman–Crippen LogP) is 3.34. The fourth-order valence-corrected chi connectivity index (χ4v) is 2.34. The largest absolute Gasteiger partial charge is 0.508 e. The number of phenolic OH excluding ortho intramolecular Hbond substituents is 1. The highest BCUT2D eigenvalue weighted by atomic mass is 16.5. The molecule has 3 rings (SSSR count). The third kappa shape index (κ3) is 3.83. The molecule has 1 aromatic heterocycles. The number of nitrogens with zero attached hydrogens (tertiary/aromatic N) is 1. The number of hydrogen-bond acceptors (Lipinski definition) is 4. The molecular formula is C17H18N2O2. The van der Waals surface area contributed by atoms with Gasteiger partial charge in [0.2, 0.25) is 0 Å². The second kappa shape index (κ2) is 6.41. The maximum Gasteiger partial charge on any atom is 0.146 e. The molecule has 1 saturated heterocycles. The molecule has 2 aromatic rings. The first-order valence-electron chi connectivity index (χ1n) is 7.13. The highest BCUT2D eigenvalue weighted by Gasteiger charge is 2.09. The maximum atomic E-state index is 9.26. The van der Waals surface area contributed by atoms with Crippen LogP contribution in [0.2, 0.25) is 0 Å². The highest BCUT2D eigenvalue weighted by Crippen LogP contribution is 2.23. The van der Waals surface area contributed by atoms with E-state index >= 15 is 0 Å². The van der Waals surface area contributed by atoms with Gasteiger partial charge in [0.05, 0.1) is 6.20 Å². The zero-order valence-electron chi connectivity index (χ0n) is 11.7. The van der Waals surface area contributed by atoms with Gasteiger partial charge in [-0.25, -0.2) is 0 Å². The lowest BCUT2D eigenvalue weighted by Crippen LogP contribution is -2.17. The first-order chi connectivity index (χ1) is 10.3. The van der Waals surface area contributed by atoms with E-state index in [0.29, 0.717) is 17.5 Å². The lowest BCUT2D eigenvalue weighted by molar-refractivity contribution is 0.463. The molecule has 108 valence electrons. The van der Waals surface area contributed by atoms with E-state index in [-0.39, 0.29) is 5.75 Å². The van der Waals surface area contributed by atoms with Gasteiger partial charge in [0.25, 0.3) is 0 Å². The molecule has 1 fully saturated rings. The van der Waals surface area contributed by atoms with Crippen LogP contribution in [-0.4, -0.2) is 22.7 Å². The zero-order chi connectivity index (χ0) is 14.5. The summed E-state index contributed by atoms with van der Waals surface area (Å²) in [6, 6.07) is 9.05. The number of phenols is 1. The van der Waals surface area contributed by atoms with Crippen molar-refractivity contribution in [3.8, 4) is 17.2 Å². The summed E-state index contributed by atoms with van der Waals surface area (Å²) in [6.07, 6.45) is 10.2. The van der Waals surface area contributed by atoms with Crippen LogP contribution in [0.25, 0.3) is 6.08 Å². The Morgan fingerprint density at radius 1 is 1.19 bits per heavy atom. The number of rotatable bonds is 4. The van der Waals surface area contributed by atoms with E-state index in [9.17, 15) is 5.11 Å². The SMILES string of the molecule is Oc1ccc(Oc2cncc(C=C[C@@H]3CCCN3)c2)cc1. The normalized spacial score (nSPS) is 18.2. The van der Waals surface area contributed by atoms with Crippen molar-refractivity contribution < 1.29 is 9.84 Å². The molecule has 1 aliphatic heterocycles. The zero-order valence-corrected chi connectivity index (χ0v) is 11.7. The Bertz CT molecular complexity index is 617. The lowest BCUT2D eigenvalue weighted by atomic mass is 10.2.